The molecule has 1 atom stereocenters. The van der Waals surface area contributed by atoms with Gasteiger partial charge in [-0.1, -0.05) is 17.3 Å². The van der Waals surface area contributed by atoms with E-state index in [-0.39, 0.29) is 6.10 Å². The van der Waals surface area contributed by atoms with Gasteiger partial charge in [0.1, 0.15) is 11.8 Å². The lowest BCUT2D eigenvalue weighted by Crippen LogP contribution is -2.38. The van der Waals surface area contributed by atoms with E-state index in [2.05, 4.69) is 55.9 Å². The number of nitrogens with zero attached hydrogens (tertiary/aromatic N) is 5. The van der Waals surface area contributed by atoms with E-state index in [1.165, 1.54) is 10.4 Å². The molecule has 1 aliphatic heterocycles. The summed E-state index contributed by atoms with van der Waals surface area (Å²) in [5.74, 6) is 0. The van der Waals surface area contributed by atoms with E-state index >= 15 is 0 Å². The number of pyridine rings is 2. The third kappa shape index (κ3) is 3.37. The zero-order valence-electron chi connectivity index (χ0n) is 14.7. The number of aromatic nitrogens is 4. The van der Waals surface area contributed by atoms with Crippen molar-refractivity contribution < 1.29 is 4.74 Å². The summed E-state index contributed by atoms with van der Waals surface area (Å²) in [5.41, 5.74) is 4.27. The van der Waals surface area contributed by atoms with E-state index in [9.17, 15) is 0 Å². The lowest BCUT2D eigenvalue weighted by molar-refractivity contribution is -0.0343. The van der Waals surface area contributed by atoms with Crippen LogP contribution in [0, 0.1) is 0 Å². The first-order valence-electron chi connectivity index (χ1n) is 8.98. The molecule has 1 aliphatic rings. The van der Waals surface area contributed by atoms with Crippen molar-refractivity contribution in [3.63, 3.8) is 0 Å². The SMILES string of the molecule is c1cncc(CN2CCO[C@H](c3nnn4cc(-c5cccs5)ccc34)C2)c1. The molecule has 0 amide bonds. The van der Waals surface area contributed by atoms with Crippen LogP contribution in [0.15, 0.2) is 60.4 Å². The molecule has 6 nitrogen and oxygen atoms in total. The van der Waals surface area contributed by atoms with E-state index < -0.39 is 0 Å². The maximum Gasteiger partial charge on any atom is 0.121 e. The van der Waals surface area contributed by atoms with Crippen LogP contribution >= 0.6 is 11.3 Å². The zero-order valence-corrected chi connectivity index (χ0v) is 15.5. The molecule has 0 aromatic carbocycles. The van der Waals surface area contributed by atoms with Gasteiger partial charge in [-0.2, -0.15) is 0 Å². The summed E-state index contributed by atoms with van der Waals surface area (Å²) in [7, 11) is 0. The van der Waals surface area contributed by atoms with Gasteiger partial charge in [0, 0.05) is 48.7 Å². The van der Waals surface area contributed by atoms with Crippen molar-refractivity contribution >= 4 is 16.9 Å². The highest BCUT2D eigenvalue weighted by Gasteiger charge is 2.26. The molecule has 0 radical (unpaired) electrons. The van der Waals surface area contributed by atoms with Crippen LogP contribution in [0.1, 0.15) is 17.4 Å². The molecule has 136 valence electrons. The van der Waals surface area contributed by atoms with Crippen LogP contribution in [-0.2, 0) is 11.3 Å². The summed E-state index contributed by atoms with van der Waals surface area (Å²) in [6.45, 7) is 3.27. The molecule has 1 saturated heterocycles. The molecule has 1 fully saturated rings. The third-order valence-corrected chi connectivity index (χ3v) is 5.75. The Morgan fingerprint density at radius 3 is 3.04 bits per heavy atom. The van der Waals surface area contributed by atoms with Gasteiger partial charge in [0.05, 0.1) is 12.1 Å². The van der Waals surface area contributed by atoms with E-state index in [0.29, 0.717) is 6.61 Å². The van der Waals surface area contributed by atoms with E-state index in [4.69, 9.17) is 4.74 Å². The Kier molecular flexibility index (Phi) is 4.41. The second-order valence-corrected chi connectivity index (χ2v) is 7.60. The number of hydrogen-bond acceptors (Lipinski definition) is 6. The molecule has 0 unspecified atom stereocenters. The molecule has 0 spiro atoms. The number of hydrogen-bond donors (Lipinski definition) is 0. The fourth-order valence-corrected chi connectivity index (χ4v) is 4.21. The van der Waals surface area contributed by atoms with Crippen molar-refractivity contribution in [1.29, 1.82) is 0 Å². The average Bonchev–Trinajstić information content (AvgIpc) is 3.38. The molecule has 0 bridgehead atoms. The normalized spacial score (nSPS) is 18.1. The predicted molar refractivity (Wildman–Crippen MR) is 105 cm³/mol. The van der Waals surface area contributed by atoms with Gasteiger partial charge in [0.2, 0.25) is 0 Å². The van der Waals surface area contributed by atoms with Crippen LogP contribution in [0.3, 0.4) is 0 Å². The Hall–Kier alpha value is -2.61. The molecule has 0 N–H and O–H groups in total. The van der Waals surface area contributed by atoms with Crippen LogP contribution in [0.2, 0.25) is 0 Å². The molecule has 0 aliphatic carbocycles. The van der Waals surface area contributed by atoms with Crippen LogP contribution in [0.25, 0.3) is 16.0 Å². The van der Waals surface area contributed by atoms with Gasteiger partial charge < -0.3 is 4.74 Å². The zero-order chi connectivity index (χ0) is 18.1. The van der Waals surface area contributed by atoms with Crippen molar-refractivity contribution in [3.05, 3.63) is 71.6 Å². The fourth-order valence-electron chi connectivity index (χ4n) is 3.49. The fraction of sp³-hybridized carbons (Fsp3) is 0.250. The quantitative estimate of drug-likeness (QED) is 0.545. The molecule has 7 heteroatoms. The summed E-state index contributed by atoms with van der Waals surface area (Å²) in [6, 6.07) is 12.5. The predicted octanol–water partition coefficient (Wildman–Crippen LogP) is 3.43. The number of morpholine rings is 1. The van der Waals surface area contributed by atoms with Crippen molar-refractivity contribution in [2.75, 3.05) is 19.7 Å². The first kappa shape index (κ1) is 16.6. The van der Waals surface area contributed by atoms with Gasteiger partial charge >= 0.3 is 0 Å². The average molecular weight is 377 g/mol. The molecule has 27 heavy (non-hydrogen) atoms. The number of rotatable bonds is 4. The van der Waals surface area contributed by atoms with E-state index in [1.807, 2.05) is 23.0 Å². The molecule has 5 rings (SSSR count). The van der Waals surface area contributed by atoms with E-state index in [0.717, 1.165) is 36.4 Å². The minimum absolute atomic E-state index is 0.0690. The summed E-state index contributed by atoms with van der Waals surface area (Å²) >= 11 is 1.72. The smallest absolute Gasteiger partial charge is 0.121 e. The highest BCUT2D eigenvalue weighted by molar-refractivity contribution is 7.13. The first-order chi connectivity index (χ1) is 13.4. The largest absolute Gasteiger partial charge is 0.369 e. The number of ether oxygens (including phenoxy) is 1. The van der Waals surface area contributed by atoms with Crippen LogP contribution in [0.4, 0.5) is 0 Å². The molecular weight excluding hydrogens is 358 g/mol. The van der Waals surface area contributed by atoms with Crippen molar-refractivity contribution in [1.82, 2.24) is 24.7 Å². The Balaban J connectivity index is 1.38. The summed E-state index contributed by atoms with van der Waals surface area (Å²) in [5, 5.41) is 10.9. The maximum absolute atomic E-state index is 6.03. The molecule has 0 saturated carbocycles. The minimum atomic E-state index is -0.0690. The van der Waals surface area contributed by atoms with E-state index in [1.54, 1.807) is 17.5 Å². The Bertz CT molecular complexity index is 1030. The lowest BCUT2D eigenvalue weighted by Gasteiger charge is -2.32. The van der Waals surface area contributed by atoms with Gasteiger partial charge in [-0.05, 0) is 35.2 Å². The topological polar surface area (TPSA) is 55.5 Å². The molecular formula is C20H19N5OS. The molecule has 5 heterocycles. The van der Waals surface area contributed by atoms with Gasteiger partial charge in [0.25, 0.3) is 0 Å². The van der Waals surface area contributed by atoms with Gasteiger partial charge in [-0.25, -0.2) is 4.52 Å². The number of fused-ring (bicyclic) bond motifs is 1. The number of thiophene rings is 1. The highest BCUT2D eigenvalue weighted by Crippen LogP contribution is 2.28. The van der Waals surface area contributed by atoms with Crippen molar-refractivity contribution in [3.8, 4) is 10.4 Å². The summed E-state index contributed by atoms with van der Waals surface area (Å²) in [6.07, 6.45) is 5.69. The van der Waals surface area contributed by atoms with Crippen molar-refractivity contribution in [2.24, 2.45) is 0 Å². The second-order valence-electron chi connectivity index (χ2n) is 6.66. The molecule has 4 aromatic rings. The Morgan fingerprint density at radius 2 is 2.19 bits per heavy atom. The highest BCUT2D eigenvalue weighted by atomic mass is 32.1. The minimum Gasteiger partial charge on any atom is -0.369 e. The molecule has 4 aromatic heterocycles. The van der Waals surface area contributed by atoms with Crippen molar-refractivity contribution in [2.45, 2.75) is 12.6 Å². The van der Waals surface area contributed by atoms with Gasteiger partial charge in [0.15, 0.2) is 0 Å². The monoisotopic (exact) mass is 377 g/mol. The first-order valence-corrected chi connectivity index (χ1v) is 9.86. The lowest BCUT2D eigenvalue weighted by atomic mass is 10.1. The standard InChI is InChI=1S/C20H19N5OS/c1-3-15(11-21-7-1)12-24-8-9-26-18(14-24)20-17-6-5-16(13-25(17)23-22-20)19-4-2-10-27-19/h1-7,10-11,13,18H,8-9,12,14H2/t18-/m0/s1. The third-order valence-electron chi connectivity index (χ3n) is 4.83. The van der Waals surface area contributed by atoms with Gasteiger partial charge in [-0.15, -0.1) is 16.4 Å². The Labute approximate surface area is 161 Å². The van der Waals surface area contributed by atoms with Crippen LogP contribution < -0.4 is 0 Å². The van der Waals surface area contributed by atoms with Crippen LogP contribution in [-0.4, -0.2) is 44.4 Å². The Morgan fingerprint density at radius 1 is 1.19 bits per heavy atom. The summed E-state index contributed by atoms with van der Waals surface area (Å²) < 4.78 is 7.88. The maximum atomic E-state index is 6.03. The second kappa shape index (κ2) is 7.19. The van der Waals surface area contributed by atoms with Crippen LogP contribution in [0.5, 0.6) is 0 Å². The summed E-state index contributed by atoms with van der Waals surface area (Å²) in [4.78, 5) is 7.82. The van der Waals surface area contributed by atoms with Gasteiger partial charge in [-0.3, -0.25) is 9.88 Å².